The van der Waals surface area contributed by atoms with Gasteiger partial charge in [0.15, 0.2) is 4.90 Å². The lowest BCUT2D eigenvalue weighted by molar-refractivity contribution is 0.145. The maximum atomic E-state index is 13.8. The van der Waals surface area contributed by atoms with Crippen molar-refractivity contribution in [2.24, 2.45) is 0 Å². The third-order valence-electron chi connectivity index (χ3n) is 3.79. The molecule has 0 N–H and O–H groups in total. The second-order valence-electron chi connectivity index (χ2n) is 5.41. The summed E-state index contributed by atoms with van der Waals surface area (Å²) in [7, 11) is -4.20. The molecule has 0 aliphatic carbocycles. The van der Waals surface area contributed by atoms with E-state index in [0.29, 0.717) is 24.8 Å². The van der Waals surface area contributed by atoms with E-state index in [1.165, 1.54) is 6.20 Å². The number of rotatable bonds is 4. The van der Waals surface area contributed by atoms with E-state index < -0.39 is 26.6 Å². The van der Waals surface area contributed by atoms with Gasteiger partial charge in [0, 0.05) is 32.4 Å². The topological polar surface area (TPSA) is 58.4 Å². The number of aromatic nitrogens is 2. The highest BCUT2D eigenvalue weighted by Gasteiger charge is 2.33. The van der Waals surface area contributed by atoms with Gasteiger partial charge in [0.25, 0.3) is 0 Å². The Bertz CT molecular complexity index is 815. The minimum atomic E-state index is -4.20. The Labute approximate surface area is 143 Å². The van der Waals surface area contributed by atoms with E-state index in [9.17, 15) is 17.2 Å². The molecule has 0 amide bonds. The molecule has 24 heavy (non-hydrogen) atoms. The summed E-state index contributed by atoms with van der Waals surface area (Å²) < 4.78 is 55.3. The maximum absolute atomic E-state index is 13.8. The van der Waals surface area contributed by atoms with Gasteiger partial charge in [-0.1, -0.05) is 17.7 Å². The maximum Gasteiger partial charge on any atom is 0.249 e. The summed E-state index contributed by atoms with van der Waals surface area (Å²) in [4.78, 5) is 1.09. The van der Waals surface area contributed by atoms with Gasteiger partial charge in [-0.05, 0) is 12.1 Å². The van der Waals surface area contributed by atoms with Gasteiger partial charge in [0.2, 0.25) is 10.0 Å². The molecule has 10 heteroatoms. The molecule has 0 spiro atoms. The van der Waals surface area contributed by atoms with E-state index in [-0.39, 0.29) is 13.1 Å². The molecule has 0 bridgehead atoms. The molecule has 2 heterocycles. The van der Waals surface area contributed by atoms with Crippen LogP contribution >= 0.6 is 11.6 Å². The van der Waals surface area contributed by atoms with Crippen LogP contribution in [0, 0.1) is 11.6 Å². The van der Waals surface area contributed by atoms with Crippen molar-refractivity contribution in [2.45, 2.75) is 11.6 Å². The highest BCUT2D eigenvalue weighted by Crippen LogP contribution is 2.23. The zero-order valence-corrected chi connectivity index (χ0v) is 14.1. The van der Waals surface area contributed by atoms with Gasteiger partial charge in [0.1, 0.15) is 11.6 Å². The SMILES string of the molecule is O=S(=O)(c1c(F)cccc1F)N1CCN(Cn2cc(Cl)cn2)CC1. The number of halogens is 3. The van der Waals surface area contributed by atoms with E-state index in [2.05, 4.69) is 5.10 Å². The lowest BCUT2D eigenvalue weighted by Gasteiger charge is -2.33. The van der Waals surface area contributed by atoms with Crippen LogP contribution in [0.5, 0.6) is 0 Å². The molecular weight excluding hydrogens is 362 g/mol. The molecule has 0 unspecified atom stereocenters. The zero-order valence-electron chi connectivity index (χ0n) is 12.6. The van der Waals surface area contributed by atoms with Crippen molar-refractivity contribution in [1.82, 2.24) is 19.0 Å². The molecule has 1 aromatic heterocycles. The summed E-state index contributed by atoms with van der Waals surface area (Å²) in [5.74, 6) is -2.16. The first kappa shape index (κ1) is 17.3. The van der Waals surface area contributed by atoms with Crippen molar-refractivity contribution in [3.63, 3.8) is 0 Å². The first-order valence-electron chi connectivity index (χ1n) is 7.22. The largest absolute Gasteiger partial charge is 0.282 e. The molecule has 1 saturated heterocycles. The molecule has 1 aliphatic heterocycles. The van der Waals surface area contributed by atoms with Gasteiger partial charge < -0.3 is 0 Å². The fraction of sp³-hybridized carbons (Fsp3) is 0.357. The molecular formula is C14H15ClF2N4O2S. The summed E-state index contributed by atoms with van der Waals surface area (Å²) in [5, 5.41) is 4.58. The van der Waals surface area contributed by atoms with Gasteiger partial charge in [-0.3, -0.25) is 9.58 Å². The summed E-state index contributed by atoms with van der Waals surface area (Å²) >= 11 is 5.80. The van der Waals surface area contributed by atoms with Crippen LogP contribution in [0.25, 0.3) is 0 Å². The molecule has 2 aromatic rings. The molecule has 1 aromatic carbocycles. The van der Waals surface area contributed by atoms with E-state index in [1.54, 1.807) is 10.9 Å². The van der Waals surface area contributed by atoms with Crippen LogP contribution in [0.2, 0.25) is 5.02 Å². The highest BCUT2D eigenvalue weighted by molar-refractivity contribution is 7.89. The van der Waals surface area contributed by atoms with Gasteiger partial charge >= 0.3 is 0 Å². The Morgan fingerprint density at radius 2 is 1.75 bits per heavy atom. The average molecular weight is 377 g/mol. The van der Waals surface area contributed by atoms with Crippen LogP contribution in [0.15, 0.2) is 35.5 Å². The van der Waals surface area contributed by atoms with Gasteiger partial charge in [-0.2, -0.15) is 9.40 Å². The number of hydrogen-bond donors (Lipinski definition) is 0. The second-order valence-corrected chi connectivity index (χ2v) is 7.72. The lowest BCUT2D eigenvalue weighted by Crippen LogP contribution is -2.49. The Kier molecular flexibility index (Phi) is 4.86. The Morgan fingerprint density at radius 1 is 1.12 bits per heavy atom. The second kappa shape index (κ2) is 6.75. The number of piperazine rings is 1. The summed E-state index contributed by atoms with van der Waals surface area (Å²) in [6.45, 7) is 1.60. The number of nitrogens with zero attached hydrogens (tertiary/aromatic N) is 4. The minimum Gasteiger partial charge on any atom is -0.282 e. The van der Waals surface area contributed by atoms with Gasteiger partial charge in [-0.15, -0.1) is 0 Å². The van der Waals surface area contributed by atoms with E-state index in [4.69, 9.17) is 11.6 Å². The minimum absolute atomic E-state index is 0.144. The van der Waals surface area contributed by atoms with Crippen LogP contribution in [-0.2, 0) is 16.7 Å². The van der Waals surface area contributed by atoms with Crippen LogP contribution in [0.4, 0.5) is 8.78 Å². The Balaban J connectivity index is 1.69. The summed E-state index contributed by atoms with van der Waals surface area (Å²) in [6.07, 6.45) is 3.18. The molecule has 0 radical (unpaired) electrons. The normalized spacial score (nSPS) is 17.3. The molecule has 130 valence electrons. The predicted octanol–water partition coefficient (Wildman–Crippen LogP) is 1.78. The van der Waals surface area contributed by atoms with E-state index >= 15 is 0 Å². The van der Waals surface area contributed by atoms with Crippen LogP contribution in [0.3, 0.4) is 0 Å². The quantitative estimate of drug-likeness (QED) is 0.816. The summed E-state index contributed by atoms with van der Waals surface area (Å²) in [6, 6.07) is 3.01. The highest BCUT2D eigenvalue weighted by atomic mass is 35.5. The monoisotopic (exact) mass is 376 g/mol. The van der Waals surface area contributed by atoms with Crippen molar-refractivity contribution in [1.29, 1.82) is 0 Å². The van der Waals surface area contributed by atoms with Crippen molar-refractivity contribution >= 4 is 21.6 Å². The molecule has 1 fully saturated rings. The van der Waals surface area contributed by atoms with Crippen molar-refractivity contribution in [3.8, 4) is 0 Å². The summed E-state index contributed by atoms with van der Waals surface area (Å²) in [5.41, 5.74) is 0. The first-order chi connectivity index (χ1) is 11.4. The molecule has 0 atom stereocenters. The third-order valence-corrected chi connectivity index (χ3v) is 5.94. The van der Waals surface area contributed by atoms with Crippen molar-refractivity contribution in [2.75, 3.05) is 26.2 Å². The zero-order chi connectivity index (χ0) is 17.3. The van der Waals surface area contributed by atoms with Crippen LogP contribution < -0.4 is 0 Å². The first-order valence-corrected chi connectivity index (χ1v) is 9.04. The average Bonchev–Trinajstić information content (AvgIpc) is 2.92. The van der Waals surface area contributed by atoms with Crippen LogP contribution in [0.1, 0.15) is 0 Å². The fourth-order valence-corrected chi connectivity index (χ4v) is 4.28. The number of sulfonamides is 1. The van der Waals surface area contributed by atoms with E-state index in [0.717, 1.165) is 22.5 Å². The van der Waals surface area contributed by atoms with Crippen LogP contribution in [-0.4, -0.2) is 53.6 Å². The molecule has 0 saturated carbocycles. The predicted molar refractivity (Wildman–Crippen MR) is 83.9 cm³/mol. The van der Waals surface area contributed by atoms with Crippen molar-refractivity contribution < 1.29 is 17.2 Å². The molecule has 1 aliphatic rings. The fourth-order valence-electron chi connectivity index (χ4n) is 2.59. The standard InChI is InChI=1S/C14H15ClF2N4O2S/c15-11-8-18-20(9-11)10-19-4-6-21(7-5-19)24(22,23)14-12(16)2-1-3-13(14)17/h1-3,8-9H,4-7,10H2. The molecule has 3 rings (SSSR count). The third kappa shape index (κ3) is 3.44. The van der Waals surface area contributed by atoms with E-state index in [1.807, 2.05) is 4.90 Å². The van der Waals surface area contributed by atoms with Gasteiger partial charge in [-0.25, -0.2) is 17.2 Å². The number of hydrogen-bond acceptors (Lipinski definition) is 4. The smallest absolute Gasteiger partial charge is 0.249 e. The number of benzene rings is 1. The lowest BCUT2D eigenvalue weighted by atomic mass is 10.3. The van der Waals surface area contributed by atoms with Gasteiger partial charge in [0.05, 0.1) is 17.9 Å². The Hall–Kier alpha value is -1.55. The molecule has 6 nitrogen and oxygen atoms in total. The Morgan fingerprint density at radius 3 is 2.29 bits per heavy atom. The van der Waals surface area contributed by atoms with Crippen molar-refractivity contribution in [3.05, 3.63) is 47.2 Å².